The van der Waals surface area contributed by atoms with Gasteiger partial charge in [-0.25, -0.2) is 0 Å². The molecular weight excluding hydrogens is 362 g/mol. The molecule has 0 atom stereocenters. The molecule has 3 amide bonds. The smallest absolute Gasteiger partial charge is 0.252 e. The van der Waals surface area contributed by atoms with Gasteiger partial charge in [0, 0.05) is 49.1 Å². The van der Waals surface area contributed by atoms with E-state index in [0.29, 0.717) is 37.9 Å². The van der Waals surface area contributed by atoms with Crippen molar-refractivity contribution in [3.05, 3.63) is 52.2 Å². The molecule has 0 radical (unpaired) electrons. The second kappa shape index (κ2) is 9.32. The number of rotatable bonds is 8. The number of likely N-dealkylation sites (tertiary alicyclic amines) is 1. The number of hydrogen-bond acceptors (Lipinski definition) is 4. The Balaban J connectivity index is 1.40. The van der Waals surface area contributed by atoms with Gasteiger partial charge in [0.1, 0.15) is 0 Å². The third kappa shape index (κ3) is 5.65. The van der Waals surface area contributed by atoms with Gasteiger partial charge in [0.15, 0.2) is 0 Å². The minimum atomic E-state index is -0.110. The highest BCUT2D eigenvalue weighted by Gasteiger charge is 2.20. The Morgan fingerprint density at radius 1 is 1.22 bits per heavy atom. The zero-order valence-electron chi connectivity index (χ0n) is 15.1. The first-order valence-electron chi connectivity index (χ1n) is 9.09. The predicted octanol–water partition coefficient (Wildman–Crippen LogP) is 3.02. The zero-order chi connectivity index (χ0) is 19.1. The second-order valence-corrected chi connectivity index (χ2v) is 7.32. The highest BCUT2D eigenvalue weighted by atomic mass is 32.1. The summed E-state index contributed by atoms with van der Waals surface area (Å²) in [6, 6.07) is 9.36. The van der Waals surface area contributed by atoms with E-state index in [9.17, 15) is 14.4 Å². The minimum Gasteiger partial charge on any atom is -0.352 e. The van der Waals surface area contributed by atoms with E-state index < -0.39 is 0 Å². The van der Waals surface area contributed by atoms with E-state index in [4.69, 9.17) is 0 Å². The molecule has 1 aliphatic rings. The lowest BCUT2D eigenvalue weighted by Crippen LogP contribution is -2.25. The summed E-state index contributed by atoms with van der Waals surface area (Å²) in [5.41, 5.74) is 2.38. The van der Waals surface area contributed by atoms with Gasteiger partial charge in [-0.2, -0.15) is 11.3 Å². The number of thiophene rings is 1. The van der Waals surface area contributed by atoms with Crippen molar-refractivity contribution >= 4 is 34.7 Å². The topological polar surface area (TPSA) is 78.5 Å². The number of amides is 3. The number of nitrogens with one attached hydrogen (secondary N) is 2. The lowest BCUT2D eigenvalue weighted by Gasteiger charge is -2.16. The summed E-state index contributed by atoms with van der Waals surface area (Å²) in [4.78, 5) is 37.5. The first kappa shape index (κ1) is 19.1. The van der Waals surface area contributed by atoms with Crippen LogP contribution in [0, 0.1) is 0 Å². The number of carbonyl (C=O) groups excluding carboxylic acids is 3. The molecule has 3 rings (SSSR count). The fourth-order valence-corrected chi connectivity index (χ4v) is 3.65. The Hall–Kier alpha value is -2.67. The van der Waals surface area contributed by atoms with Crippen molar-refractivity contribution in [2.75, 3.05) is 18.4 Å². The first-order valence-corrected chi connectivity index (χ1v) is 10.0. The SMILES string of the molecule is O=C(CCCNC(=O)c1ccsc1)Nc1cccc(CN2CCCC2=O)c1. The van der Waals surface area contributed by atoms with Crippen molar-refractivity contribution in [3.8, 4) is 0 Å². The van der Waals surface area contributed by atoms with Gasteiger partial charge in [-0.15, -0.1) is 0 Å². The van der Waals surface area contributed by atoms with E-state index >= 15 is 0 Å². The first-order chi connectivity index (χ1) is 13.1. The number of nitrogens with zero attached hydrogens (tertiary/aromatic N) is 1. The quantitative estimate of drug-likeness (QED) is 0.686. The van der Waals surface area contributed by atoms with Crippen LogP contribution in [0.5, 0.6) is 0 Å². The molecule has 2 aromatic rings. The average Bonchev–Trinajstić information content (AvgIpc) is 3.32. The lowest BCUT2D eigenvalue weighted by molar-refractivity contribution is -0.128. The summed E-state index contributed by atoms with van der Waals surface area (Å²) in [5.74, 6) is -0.0102. The fraction of sp³-hybridized carbons (Fsp3) is 0.350. The Kier molecular flexibility index (Phi) is 6.59. The highest BCUT2D eigenvalue weighted by Crippen LogP contribution is 2.17. The van der Waals surface area contributed by atoms with Crippen LogP contribution in [0.3, 0.4) is 0 Å². The minimum absolute atomic E-state index is 0.0887. The summed E-state index contributed by atoms with van der Waals surface area (Å²) < 4.78 is 0. The Bertz CT molecular complexity index is 805. The molecule has 0 saturated carbocycles. The van der Waals surface area contributed by atoms with Gasteiger partial charge in [0.2, 0.25) is 11.8 Å². The lowest BCUT2D eigenvalue weighted by atomic mass is 10.2. The van der Waals surface area contributed by atoms with Crippen molar-refractivity contribution in [2.24, 2.45) is 0 Å². The zero-order valence-corrected chi connectivity index (χ0v) is 15.9. The van der Waals surface area contributed by atoms with Crippen LogP contribution in [0.2, 0.25) is 0 Å². The van der Waals surface area contributed by atoms with E-state index in [1.165, 1.54) is 11.3 Å². The van der Waals surface area contributed by atoms with E-state index in [2.05, 4.69) is 10.6 Å². The van der Waals surface area contributed by atoms with Crippen LogP contribution in [-0.4, -0.2) is 35.7 Å². The molecule has 1 fully saturated rings. The number of anilines is 1. The summed E-state index contributed by atoms with van der Waals surface area (Å²) in [5, 5.41) is 9.34. The molecular formula is C20H23N3O3S. The molecule has 6 nitrogen and oxygen atoms in total. The molecule has 2 heterocycles. The summed E-state index contributed by atoms with van der Waals surface area (Å²) >= 11 is 1.48. The Labute approximate surface area is 162 Å². The largest absolute Gasteiger partial charge is 0.352 e. The Morgan fingerprint density at radius 3 is 2.85 bits per heavy atom. The predicted molar refractivity (Wildman–Crippen MR) is 106 cm³/mol. The average molecular weight is 385 g/mol. The molecule has 142 valence electrons. The standard InChI is InChI=1S/C20H23N3O3S/c24-18(6-2-9-21-20(26)16-8-11-27-14-16)22-17-5-1-4-15(12-17)13-23-10-3-7-19(23)25/h1,4-5,8,11-12,14H,2-3,6-7,9-10,13H2,(H,21,26)(H,22,24). The maximum Gasteiger partial charge on any atom is 0.252 e. The summed E-state index contributed by atoms with van der Waals surface area (Å²) in [6.07, 6.45) is 2.44. The fourth-order valence-electron chi connectivity index (χ4n) is 3.01. The van der Waals surface area contributed by atoms with Gasteiger partial charge in [0.05, 0.1) is 0 Å². The maximum atomic E-state index is 12.1. The van der Waals surface area contributed by atoms with E-state index in [-0.39, 0.29) is 17.7 Å². The van der Waals surface area contributed by atoms with Crippen LogP contribution in [0.4, 0.5) is 5.69 Å². The van der Waals surface area contributed by atoms with Crippen LogP contribution in [0.15, 0.2) is 41.1 Å². The molecule has 1 aliphatic heterocycles. The van der Waals surface area contributed by atoms with Gasteiger partial charge in [-0.05, 0) is 42.0 Å². The van der Waals surface area contributed by atoms with Gasteiger partial charge in [-0.3, -0.25) is 14.4 Å². The third-order valence-electron chi connectivity index (χ3n) is 4.41. The molecule has 0 bridgehead atoms. The third-order valence-corrected chi connectivity index (χ3v) is 5.09. The van der Waals surface area contributed by atoms with E-state index in [1.807, 2.05) is 34.5 Å². The maximum absolute atomic E-state index is 12.1. The molecule has 0 spiro atoms. The number of benzene rings is 1. The molecule has 7 heteroatoms. The molecule has 0 unspecified atom stereocenters. The number of hydrogen-bond donors (Lipinski definition) is 2. The van der Waals surface area contributed by atoms with Gasteiger partial charge in [0.25, 0.3) is 5.91 Å². The van der Waals surface area contributed by atoms with E-state index in [1.54, 1.807) is 11.4 Å². The van der Waals surface area contributed by atoms with Crippen LogP contribution < -0.4 is 10.6 Å². The van der Waals surface area contributed by atoms with Crippen molar-refractivity contribution in [1.29, 1.82) is 0 Å². The summed E-state index contributed by atoms with van der Waals surface area (Å²) in [7, 11) is 0. The normalized spacial score (nSPS) is 13.6. The highest BCUT2D eigenvalue weighted by molar-refractivity contribution is 7.08. The summed E-state index contributed by atoms with van der Waals surface area (Å²) in [6.45, 7) is 1.84. The van der Waals surface area contributed by atoms with Crippen molar-refractivity contribution < 1.29 is 14.4 Å². The molecule has 1 saturated heterocycles. The molecule has 0 aliphatic carbocycles. The van der Waals surface area contributed by atoms with Gasteiger partial charge in [-0.1, -0.05) is 12.1 Å². The number of carbonyl (C=O) groups is 3. The van der Waals surface area contributed by atoms with Crippen molar-refractivity contribution in [1.82, 2.24) is 10.2 Å². The van der Waals surface area contributed by atoms with Gasteiger partial charge < -0.3 is 15.5 Å². The van der Waals surface area contributed by atoms with E-state index in [0.717, 1.165) is 24.2 Å². The molecule has 1 aromatic carbocycles. The second-order valence-electron chi connectivity index (χ2n) is 6.54. The van der Waals surface area contributed by atoms with Crippen LogP contribution in [-0.2, 0) is 16.1 Å². The monoisotopic (exact) mass is 385 g/mol. The molecule has 2 N–H and O–H groups in total. The van der Waals surface area contributed by atoms with Crippen LogP contribution >= 0.6 is 11.3 Å². The van der Waals surface area contributed by atoms with Crippen LogP contribution in [0.25, 0.3) is 0 Å². The Morgan fingerprint density at radius 2 is 2.11 bits per heavy atom. The van der Waals surface area contributed by atoms with Gasteiger partial charge >= 0.3 is 0 Å². The van der Waals surface area contributed by atoms with Crippen molar-refractivity contribution in [3.63, 3.8) is 0 Å². The molecule has 27 heavy (non-hydrogen) atoms. The molecule has 1 aromatic heterocycles. The van der Waals surface area contributed by atoms with Crippen LogP contribution in [0.1, 0.15) is 41.6 Å². The van der Waals surface area contributed by atoms with Crippen molar-refractivity contribution in [2.45, 2.75) is 32.2 Å².